The molecule has 0 atom stereocenters. The van der Waals surface area contributed by atoms with Gasteiger partial charge in [0.25, 0.3) is 0 Å². The van der Waals surface area contributed by atoms with E-state index in [2.05, 4.69) is 4.98 Å². The maximum atomic E-state index is 9.23. The van der Waals surface area contributed by atoms with Crippen molar-refractivity contribution in [3.05, 3.63) is 53.2 Å². The molecular formula is C12H10ClNOS. The predicted molar refractivity (Wildman–Crippen MR) is 65.7 cm³/mol. The molecule has 0 saturated carbocycles. The topological polar surface area (TPSA) is 33.1 Å². The van der Waals surface area contributed by atoms with E-state index in [1.54, 1.807) is 12.3 Å². The van der Waals surface area contributed by atoms with Crippen molar-refractivity contribution in [1.82, 2.24) is 4.98 Å². The molecular weight excluding hydrogens is 242 g/mol. The van der Waals surface area contributed by atoms with Crippen LogP contribution >= 0.6 is 23.4 Å². The van der Waals surface area contributed by atoms with Crippen LogP contribution < -0.4 is 0 Å². The SMILES string of the molecule is OCc1cc(Cl)ccc1Sc1ccccn1. The van der Waals surface area contributed by atoms with Crippen LogP contribution in [0.1, 0.15) is 5.56 Å². The smallest absolute Gasteiger partial charge is 0.101 e. The largest absolute Gasteiger partial charge is 0.392 e. The fourth-order valence-electron chi connectivity index (χ4n) is 1.29. The highest BCUT2D eigenvalue weighted by Crippen LogP contribution is 2.30. The number of aromatic nitrogens is 1. The van der Waals surface area contributed by atoms with Gasteiger partial charge < -0.3 is 5.11 Å². The van der Waals surface area contributed by atoms with Crippen molar-refractivity contribution in [3.8, 4) is 0 Å². The van der Waals surface area contributed by atoms with Gasteiger partial charge in [-0.1, -0.05) is 29.4 Å². The van der Waals surface area contributed by atoms with Crippen LogP contribution in [0.15, 0.2) is 52.5 Å². The van der Waals surface area contributed by atoms with Crippen molar-refractivity contribution < 1.29 is 5.11 Å². The molecule has 0 aliphatic carbocycles. The minimum Gasteiger partial charge on any atom is -0.392 e. The van der Waals surface area contributed by atoms with Gasteiger partial charge in [0.1, 0.15) is 5.03 Å². The zero-order valence-corrected chi connectivity index (χ0v) is 10.0. The summed E-state index contributed by atoms with van der Waals surface area (Å²) in [6.45, 7) is -0.0181. The van der Waals surface area contributed by atoms with Gasteiger partial charge in [0.05, 0.1) is 6.61 Å². The normalized spacial score (nSPS) is 10.4. The highest BCUT2D eigenvalue weighted by molar-refractivity contribution is 7.99. The Labute approximate surface area is 103 Å². The molecule has 2 aromatic rings. The molecule has 1 N–H and O–H groups in total. The maximum Gasteiger partial charge on any atom is 0.101 e. The summed E-state index contributed by atoms with van der Waals surface area (Å²) >= 11 is 7.38. The Bertz CT molecular complexity index is 476. The van der Waals surface area contributed by atoms with Gasteiger partial charge in [0.15, 0.2) is 0 Å². The van der Waals surface area contributed by atoms with Crippen molar-refractivity contribution in [1.29, 1.82) is 0 Å². The van der Waals surface area contributed by atoms with E-state index in [-0.39, 0.29) is 6.61 Å². The average molecular weight is 252 g/mol. The molecule has 1 aromatic heterocycles. The molecule has 0 aliphatic rings. The third kappa shape index (κ3) is 2.76. The first-order chi connectivity index (χ1) is 7.79. The summed E-state index contributed by atoms with van der Waals surface area (Å²) in [4.78, 5) is 5.20. The Hall–Kier alpha value is -1.03. The number of halogens is 1. The van der Waals surface area contributed by atoms with E-state index in [9.17, 15) is 5.11 Å². The lowest BCUT2D eigenvalue weighted by Crippen LogP contribution is -1.88. The lowest BCUT2D eigenvalue weighted by molar-refractivity contribution is 0.279. The fraction of sp³-hybridized carbons (Fsp3) is 0.0833. The molecule has 0 spiro atoms. The summed E-state index contributed by atoms with van der Waals surface area (Å²) in [5, 5.41) is 10.8. The first kappa shape index (κ1) is 11.5. The number of rotatable bonds is 3. The molecule has 0 bridgehead atoms. The fourth-order valence-corrected chi connectivity index (χ4v) is 2.36. The Balaban J connectivity index is 2.28. The lowest BCUT2D eigenvalue weighted by atomic mass is 10.2. The second-order valence-electron chi connectivity index (χ2n) is 3.18. The maximum absolute atomic E-state index is 9.23. The summed E-state index contributed by atoms with van der Waals surface area (Å²) in [6.07, 6.45) is 1.75. The van der Waals surface area contributed by atoms with Gasteiger partial charge in [0.2, 0.25) is 0 Å². The second-order valence-corrected chi connectivity index (χ2v) is 4.68. The first-order valence-electron chi connectivity index (χ1n) is 4.78. The number of aliphatic hydroxyl groups is 1. The van der Waals surface area contributed by atoms with Gasteiger partial charge >= 0.3 is 0 Å². The molecule has 0 unspecified atom stereocenters. The zero-order chi connectivity index (χ0) is 11.4. The molecule has 0 radical (unpaired) electrons. The van der Waals surface area contributed by atoms with E-state index >= 15 is 0 Å². The van der Waals surface area contributed by atoms with E-state index in [0.29, 0.717) is 5.02 Å². The van der Waals surface area contributed by atoms with Crippen LogP contribution in [0.5, 0.6) is 0 Å². The Morgan fingerprint density at radius 3 is 2.81 bits per heavy atom. The molecule has 16 heavy (non-hydrogen) atoms. The highest BCUT2D eigenvalue weighted by Gasteiger charge is 2.05. The quantitative estimate of drug-likeness (QED) is 0.908. The molecule has 4 heteroatoms. The summed E-state index contributed by atoms with van der Waals surface area (Å²) in [5.41, 5.74) is 0.822. The van der Waals surface area contributed by atoms with E-state index in [0.717, 1.165) is 15.5 Å². The van der Waals surface area contributed by atoms with Gasteiger partial charge in [-0.05, 0) is 35.9 Å². The van der Waals surface area contributed by atoms with Crippen LogP contribution in [0.25, 0.3) is 0 Å². The van der Waals surface area contributed by atoms with Crippen molar-refractivity contribution in [2.24, 2.45) is 0 Å². The Kier molecular flexibility index (Phi) is 3.83. The molecule has 82 valence electrons. The van der Waals surface area contributed by atoms with Crippen LogP contribution in [0.2, 0.25) is 5.02 Å². The van der Waals surface area contributed by atoms with Crippen molar-refractivity contribution in [3.63, 3.8) is 0 Å². The zero-order valence-electron chi connectivity index (χ0n) is 8.43. The van der Waals surface area contributed by atoms with Crippen molar-refractivity contribution in [2.45, 2.75) is 16.5 Å². The number of aliphatic hydroxyl groups excluding tert-OH is 1. The lowest BCUT2D eigenvalue weighted by Gasteiger charge is -2.06. The van der Waals surface area contributed by atoms with Gasteiger partial charge in [-0.15, -0.1) is 0 Å². The number of nitrogens with zero attached hydrogens (tertiary/aromatic N) is 1. The number of hydrogen-bond acceptors (Lipinski definition) is 3. The second kappa shape index (κ2) is 5.34. The Morgan fingerprint density at radius 1 is 1.25 bits per heavy atom. The minimum atomic E-state index is -0.0181. The van der Waals surface area contributed by atoms with Crippen molar-refractivity contribution in [2.75, 3.05) is 0 Å². The highest BCUT2D eigenvalue weighted by atomic mass is 35.5. The van der Waals surface area contributed by atoms with Gasteiger partial charge in [-0.2, -0.15) is 0 Å². The monoisotopic (exact) mass is 251 g/mol. The number of hydrogen-bond donors (Lipinski definition) is 1. The average Bonchev–Trinajstić information content (AvgIpc) is 2.33. The third-order valence-corrected chi connectivity index (χ3v) is 3.35. The number of benzene rings is 1. The molecule has 0 fully saturated rings. The van der Waals surface area contributed by atoms with E-state index in [1.807, 2.05) is 30.3 Å². The van der Waals surface area contributed by atoms with Crippen LogP contribution in [0, 0.1) is 0 Å². The molecule has 1 aromatic carbocycles. The molecule has 2 rings (SSSR count). The summed E-state index contributed by atoms with van der Waals surface area (Å²) < 4.78 is 0. The van der Waals surface area contributed by atoms with Crippen molar-refractivity contribution >= 4 is 23.4 Å². The van der Waals surface area contributed by atoms with Crippen LogP contribution in [-0.2, 0) is 6.61 Å². The molecule has 0 amide bonds. The van der Waals surface area contributed by atoms with Gasteiger partial charge in [-0.25, -0.2) is 4.98 Å². The van der Waals surface area contributed by atoms with Gasteiger partial charge in [-0.3, -0.25) is 0 Å². The molecule has 0 aliphatic heterocycles. The molecule has 1 heterocycles. The van der Waals surface area contributed by atoms with E-state index < -0.39 is 0 Å². The molecule has 2 nitrogen and oxygen atoms in total. The van der Waals surface area contributed by atoms with E-state index in [4.69, 9.17) is 11.6 Å². The summed E-state index contributed by atoms with van der Waals surface area (Å²) in [5.74, 6) is 0. The van der Waals surface area contributed by atoms with Crippen LogP contribution in [0.4, 0.5) is 0 Å². The minimum absolute atomic E-state index is 0.0181. The summed E-state index contributed by atoms with van der Waals surface area (Å²) in [6, 6.07) is 11.2. The van der Waals surface area contributed by atoms with Crippen LogP contribution in [0.3, 0.4) is 0 Å². The standard InChI is InChI=1S/C12H10ClNOS/c13-10-4-5-11(9(7-10)8-15)16-12-3-1-2-6-14-12/h1-7,15H,8H2. The first-order valence-corrected chi connectivity index (χ1v) is 5.97. The third-order valence-electron chi connectivity index (χ3n) is 2.05. The predicted octanol–water partition coefficient (Wildman–Crippen LogP) is 3.38. The molecule has 0 saturated heterocycles. The van der Waals surface area contributed by atoms with Crippen LogP contribution in [-0.4, -0.2) is 10.1 Å². The van der Waals surface area contributed by atoms with E-state index in [1.165, 1.54) is 11.8 Å². The number of pyridine rings is 1. The summed E-state index contributed by atoms with van der Waals surface area (Å²) in [7, 11) is 0. The Morgan fingerprint density at radius 2 is 2.12 bits per heavy atom. The van der Waals surface area contributed by atoms with Gasteiger partial charge in [0, 0.05) is 16.1 Å².